The highest BCUT2D eigenvalue weighted by Gasteiger charge is 2.30. The van der Waals surface area contributed by atoms with E-state index in [-0.39, 0.29) is 25.7 Å². The van der Waals surface area contributed by atoms with Crippen molar-refractivity contribution in [3.05, 3.63) is 24.3 Å². The minimum atomic E-state index is -4.97. The van der Waals surface area contributed by atoms with Gasteiger partial charge >= 0.3 is 39.5 Å². The molecular formula is C88H168O17P2. The second-order valence-corrected chi connectivity index (χ2v) is 34.3. The topological polar surface area (TPSA) is 237 Å². The fourth-order valence-electron chi connectivity index (χ4n) is 13.3. The van der Waals surface area contributed by atoms with Crippen molar-refractivity contribution in [2.24, 2.45) is 5.92 Å². The van der Waals surface area contributed by atoms with E-state index in [2.05, 4.69) is 58.9 Å². The minimum Gasteiger partial charge on any atom is -0.462 e. The van der Waals surface area contributed by atoms with Crippen molar-refractivity contribution in [3.8, 4) is 0 Å². The summed E-state index contributed by atoms with van der Waals surface area (Å²) in [4.78, 5) is 73.3. The number of rotatable bonds is 86. The molecule has 0 spiro atoms. The van der Waals surface area contributed by atoms with Crippen molar-refractivity contribution in [1.29, 1.82) is 0 Å². The van der Waals surface area contributed by atoms with Crippen LogP contribution in [0.4, 0.5) is 0 Å². The quantitative estimate of drug-likeness (QED) is 0.0169. The smallest absolute Gasteiger partial charge is 0.462 e. The molecule has 0 aliphatic rings. The van der Waals surface area contributed by atoms with Crippen molar-refractivity contribution in [3.63, 3.8) is 0 Å². The van der Waals surface area contributed by atoms with Gasteiger partial charge in [-0.05, 0) is 57.3 Å². The lowest BCUT2D eigenvalue weighted by Gasteiger charge is -2.21. The molecule has 0 radical (unpaired) electrons. The van der Waals surface area contributed by atoms with E-state index in [1.165, 1.54) is 263 Å². The van der Waals surface area contributed by atoms with E-state index >= 15 is 0 Å². The number of hydrogen-bond donors (Lipinski definition) is 3. The molecule has 0 rings (SSSR count). The third-order valence-corrected chi connectivity index (χ3v) is 22.1. The van der Waals surface area contributed by atoms with E-state index in [0.717, 1.165) is 109 Å². The summed E-state index contributed by atoms with van der Waals surface area (Å²) in [5.74, 6) is -1.33. The number of phosphoric ester groups is 2. The van der Waals surface area contributed by atoms with Crippen molar-refractivity contribution in [2.75, 3.05) is 39.6 Å². The number of esters is 4. The Balaban J connectivity index is 5.27. The average molecular weight is 1560 g/mol. The lowest BCUT2D eigenvalue weighted by atomic mass is 10.0. The van der Waals surface area contributed by atoms with E-state index in [1.54, 1.807) is 0 Å². The summed E-state index contributed by atoms with van der Waals surface area (Å²) in [5.41, 5.74) is 0. The number of hydrogen-bond acceptors (Lipinski definition) is 15. The summed E-state index contributed by atoms with van der Waals surface area (Å²) < 4.78 is 68.9. The summed E-state index contributed by atoms with van der Waals surface area (Å²) in [5, 5.41) is 10.7. The molecular weight excluding hydrogens is 1390 g/mol. The van der Waals surface area contributed by atoms with E-state index in [0.29, 0.717) is 25.7 Å². The zero-order valence-electron chi connectivity index (χ0n) is 69.8. The molecule has 5 atom stereocenters. The summed E-state index contributed by atoms with van der Waals surface area (Å²) >= 11 is 0. The number of phosphoric acid groups is 2. The lowest BCUT2D eigenvalue weighted by molar-refractivity contribution is -0.161. The Morgan fingerprint density at radius 1 is 0.290 bits per heavy atom. The predicted octanol–water partition coefficient (Wildman–Crippen LogP) is 26.7. The predicted molar refractivity (Wildman–Crippen MR) is 441 cm³/mol. The lowest BCUT2D eigenvalue weighted by Crippen LogP contribution is -2.30. The fraction of sp³-hybridized carbons (Fsp3) is 0.909. The highest BCUT2D eigenvalue weighted by Crippen LogP contribution is 2.45. The van der Waals surface area contributed by atoms with E-state index < -0.39 is 97.5 Å². The van der Waals surface area contributed by atoms with Gasteiger partial charge in [-0.2, -0.15) is 0 Å². The van der Waals surface area contributed by atoms with Crippen molar-refractivity contribution in [2.45, 2.75) is 470 Å². The Kier molecular flexibility index (Phi) is 78.3. The van der Waals surface area contributed by atoms with Crippen LogP contribution in [0, 0.1) is 5.92 Å². The summed E-state index contributed by atoms with van der Waals surface area (Å²) in [7, 11) is -9.94. The first-order valence-electron chi connectivity index (χ1n) is 45.0. The maximum absolute atomic E-state index is 13.2. The van der Waals surface area contributed by atoms with Crippen LogP contribution in [0.5, 0.6) is 0 Å². The first-order chi connectivity index (χ1) is 52.0. The molecule has 0 amide bonds. The number of carbonyl (C=O) groups is 4. The molecule has 632 valence electrons. The third kappa shape index (κ3) is 81.4. The second-order valence-electron chi connectivity index (χ2n) is 31.4. The normalized spacial score (nSPS) is 13.9. The van der Waals surface area contributed by atoms with Gasteiger partial charge in [-0.25, -0.2) is 9.13 Å². The van der Waals surface area contributed by atoms with Gasteiger partial charge in [-0.15, -0.1) is 0 Å². The molecule has 0 aromatic heterocycles. The molecule has 0 aromatic rings. The Morgan fingerprint density at radius 3 is 0.766 bits per heavy atom. The second kappa shape index (κ2) is 80.2. The Morgan fingerprint density at radius 2 is 0.505 bits per heavy atom. The van der Waals surface area contributed by atoms with Crippen LogP contribution in [0.25, 0.3) is 0 Å². The molecule has 0 fully saturated rings. The molecule has 19 heteroatoms. The van der Waals surface area contributed by atoms with E-state index in [4.69, 9.17) is 37.0 Å². The molecule has 0 aliphatic carbocycles. The molecule has 0 heterocycles. The van der Waals surface area contributed by atoms with Crippen LogP contribution < -0.4 is 0 Å². The summed E-state index contributed by atoms with van der Waals surface area (Å²) in [6.07, 6.45) is 77.2. The van der Waals surface area contributed by atoms with Gasteiger partial charge in [0.05, 0.1) is 26.4 Å². The molecule has 2 unspecified atom stereocenters. The van der Waals surface area contributed by atoms with Gasteiger partial charge in [0.2, 0.25) is 0 Å². The molecule has 0 saturated carbocycles. The van der Waals surface area contributed by atoms with Crippen molar-refractivity contribution in [1.82, 2.24) is 0 Å². The highest BCUT2D eigenvalue weighted by molar-refractivity contribution is 7.47. The number of aliphatic hydroxyl groups is 1. The van der Waals surface area contributed by atoms with Gasteiger partial charge in [0.1, 0.15) is 19.3 Å². The number of allylic oxidation sites excluding steroid dienone is 4. The first-order valence-corrected chi connectivity index (χ1v) is 47.9. The van der Waals surface area contributed by atoms with Gasteiger partial charge in [0.15, 0.2) is 12.2 Å². The van der Waals surface area contributed by atoms with Crippen LogP contribution in [0.2, 0.25) is 0 Å². The Bertz CT molecular complexity index is 2130. The fourth-order valence-corrected chi connectivity index (χ4v) is 14.9. The van der Waals surface area contributed by atoms with Crippen LogP contribution in [-0.4, -0.2) is 96.7 Å². The zero-order valence-corrected chi connectivity index (χ0v) is 71.6. The third-order valence-electron chi connectivity index (χ3n) is 20.2. The first kappa shape index (κ1) is 105. The number of ether oxygens (including phenoxy) is 4. The minimum absolute atomic E-state index is 0.0859. The maximum atomic E-state index is 13.2. The van der Waals surface area contributed by atoms with Crippen LogP contribution in [0.1, 0.15) is 452 Å². The van der Waals surface area contributed by atoms with E-state index in [1.807, 2.05) is 0 Å². The van der Waals surface area contributed by atoms with Crippen LogP contribution in [0.15, 0.2) is 24.3 Å². The largest absolute Gasteiger partial charge is 0.472 e. The Labute approximate surface area is 656 Å². The number of aliphatic hydroxyl groups excluding tert-OH is 1. The van der Waals surface area contributed by atoms with Crippen LogP contribution in [-0.2, 0) is 65.4 Å². The van der Waals surface area contributed by atoms with E-state index in [9.17, 15) is 43.2 Å². The molecule has 0 aromatic carbocycles. The molecule has 0 saturated heterocycles. The molecule has 3 N–H and O–H groups in total. The molecule has 107 heavy (non-hydrogen) atoms. The maximum Gasteiger partial charge on any atom is 0.472 e. The number of unbranched alkanes of at least 4 members (excludes halogenated alkanes) is 55. The standard InChI is InChI=1S/C88H168O17P2/c1-6-9-12-15-18-21-24-27-29-30-31-32-33-34-35-37-44-49-54-59-64-69-74-88(93)105-84(78-99-86(91)72-67-62-57-52-47-42-39-38-41-45-50-55-60-65-70-81(4)5)80-103-107(96,97)101-76-82(89)75-100-106(94,95)102-79-83(77-98-85(90)71-66-61-56-51-46-40-26-23-20-17-14-11-8-3)104-87(92)73-68-63-58-53-48-43-36-28-25-22-19-16-13-10-7-2/h22,25,28,36,81-84,89H,6-21,23-24,26-27,29-35,37-80H2,1-5H3,(H,94,95)(H,96,97)/b25-22-,36-28-/t82-,83+,84+/m0/s1. The van der Waals surface area contributed by atoms with Crippen LogP contribution in [0.3, 0.4) is 0 Å². The average Bonchev–Trinajstić information content (AvgIpc) is 0.903. The van der Waals surface area contributed by atoms with Gasteiger partial charge in [-0.3, -0.25) is 37.3 Å². The molecule has 17 nitrogen and oxygen atoms in total. The zero-order chi connectivity index (χ0) is 78.3. The monoisotopic (exact) mass is 1560 g/mol. The van der Waals surface area contributed by atoms with Crippen molar-refractivity contribution >= 4 is 39.5 Å². The van der Waals surface area contributed by atoms with Gasteiger partial charge in [-0.1, -0.05) is 399 Å². The number of carbonyl (C=O) groups excluding carboxylic acids is 4. The van der Waals surface area contributed by atoms with Crippen LogP contribution >= 0.6 is 15.6 Å². The Hall–Kier alpha value is -2.46. The molecule has 0 aliphatic heterocycles. The van der Waals surface area contributed by atoms with Gasteiger partial charge < -0.3 is 33.8 Å². The van der Waals surface area contributed by atoms with Gasteiger partial charge in [0.25, 0.3) is 0 Å². The summed E-state index contributed by atoms with van der Waals surface area (Å²) in [6.45, 7) is 7.33. The summed E-state index contributed by atoms with van der Waals surface area (Å²) in [6, 6.07) is 0. The SMILES string of the molecule is CCCCCC/C=C\C=C/CCCCCCCC(=O)O[C@H](COC(=O)CCCCCCCCCCCCCCC)COP(=O)(O)OC[C@H](O)COP(=O)(O)OC[C@@H](COC(=O)CCCCCCCCCCCCCCCCC(C)C)OC(=O)CCCCCCCCCCCCCCCCCCCCCCCC. The van der Waals surface area contributed by atoms with Gasteiger partial charge in [0, 0.05) is 25.7 Å². The van der Waals surface area contributed by atoms with Crippen molar-refractivity contribution < 1.29 is 80.2 Å². The molecule has 0 bridgehead atoms. The highest BCUT2D eigenvalue weighted by atomic mass is 31.2.